The summed E-state index contributed by atoms with van der Waals surface area (Å²) in [4.78, 5) is 0. The van der Waals surface area contributed by atoms with Gasteiger partial charge in [-0.05, 0) is 218 Å². The minimum absolute atomic E-state index is 0.447. The van der Waals surface area contributed by atoms with E-state index in [1.807, 2.05) is 153 Å². The maximum atomic E-state index is 9.05. The molecule has 10 heteroatoms. The van der Waals surface area contributed by atoms with Crippen molar-refractivity contribution in [3.8, 4) is 56.3 Å². The van der Waals surface area contributed by atoms with Crippen molar-refractivity contribution in [2.45, 2.75) is 126 Å². The third kappa shape index (κ3) is 15.3. The summed E-state index contributed by atoms with van der Waals surface area (Å²) in [7, 11) is 10.2. The van der Waals surface area contributed by atoms with Crippen molar-refractivity contribution in [1.82, 2.24) is 0 Å². The molecule has 139 heavy (non-hydrogen) atoms. The fourth-order valence-electron chi connectivity index (χ4n) is 21.9. The molecule has 682 valence electrons. The highest BCUT2D eigenvalue weighted by molar-refractivity contribution is 6.28. The lowest BCUT2D eigenvalue weighted by Crippen LogP contribution is -2.31. The summed E-state index contributed by atoms with van der Waals surface area (Å²) in [6, 6.07) is 104. The standard InChI is InChI=1S/C28H26NO.2C26H24NO.C25H22NO.C24H20NO/c1-18-21-11-5-6-12-22(21)27-23-13-7-8-14-25(23)30-28(27)26(18)24-17-20(15-16-29(24)2)19-9-3-4-10-19;2*1-16(2)18-13-14-27(4)22(15-18)24-17(3)19-9-5-6-10-20(19)25-21-11-7-8-12-23(21)28-26(24)25;1-4-17-13-14-26(3)21(15-17)23-16(2)18-9-5-6-10-19(18)24-20-11-7-8-12-22(20)27-25(23)24;1-15-12-13-25(3)20(14-15)22-16(2)17-8-4-5-9-18(17)23-19-10-6-7-11-21(19)26-24(22)23/h5-8,11-17,19H,3-4,9-10H2,1-2H3;2*5-16H,1-4H3;5-15H,4H2,1-3H3;4-14H,1-3H3/q5*+1/i19D;1D3,16D;16D;4D2;. The van der Waals surface area contributed by atoms with Crippen LogP contribution < -0.4 is 22.8 Å². The second kappa shape index (κ2) is 36.1. The largest absolute Gasteiger partial charge is 0.455 e. The zero-order valence-electron chi connectivity index (χ0n) is 89.4. The van der Waals surface area contributed by atoms with Crippen LogP contribution in [0.4, 0.5) is 0 Å². The van der Waals surface area contributed by atoms with Gasteiger partial charge in [-0.2, -0.15) is 0 Å². The molecular formula is C129H116N5O5+5. The Kier molecular flexibility index (Phi) is 20.7. The van der Waals surface area contributed by atoms with Crippen LogP contribution in [0.25, 0.3) is 220 Å². The molecule has 0 aliphatic heterocycles. The van der Waals surface area contributed by atoms with Gasteiger partial charge in [0.2, 0.25) is 28.5 Å². The number of para-hydroxylation sites is 5. The lowest BCUT2D eigenvalue weighted by atomic mass is 9.91. The molecule has 10 aromatic heterocycles. The molecule has 15 aromatic carbocycles. The Hall–Kier alpha value is -15.7. The number of rotatable bonds is 9. The van der Waals surface area contributed by atoms with Crippen molar-refractivity contribution in [3.05, 3.63) is 390 Å². The van der Waals surface area contributed by atoms with E-state index in [9.17, 15) is 0 Å². The van der Waals surface area contributed by atoms with Crippen molar-refractivity contribution >= 4 is 164 Å². The van der Waals surface area contributed by atoms with Gasteiger partial charge in [0, 0.05) is 125 Å². The Bertz CT molecular complexity index is 9460. The molecule has 1 aliphatic carbocycles. The summed E-state index contributed by atoms with van der Waals surface area (Å²) in [6.07, 6.45) is 12.8. The molecule has 26 rings (SSSR count). The van der Waals surface area contributed by atoms with Crippen molar-refractivity contribution < 1.29 is 55.9 Å². The first-order valence-corrected chi connectivity index (χ1v) is 48.2. The highest BCUT2D eigenvalue weighted by Crippen LogP contribution is 2.51. The first-order chi connectivity index (χ1) is 70.5. The smallest absolute Gasteiger partial charge is 0.216 e. The normalized spacial score (nSPS) is 14.2. The third-order valence-corrected chi connectivity index (χ3v) is 29.1. The molecule has 1 fully saturated rings. The van der Waals surface area contributed by atoms with Crippen LogP contribution >= 0.6 is 0 Å². The van der Waals surface area contributed by atoms with E-state index < -0.39 is 30.9 Å². The van der Waals surface area contributed by atoms with E-state index in [1.54, 1.807) is 13.0 Å². The number of aryl methyl sites for hydroxylation is 12. The van der Waals surface area contributed by atoms with Gasteiger partial charge < -0.3 is 22.1 Å². The topological polar surface area (TPSA) is 85.1 Å². The zero-order valence-corrected chi connectivity index (χ0v) is 81.4. The number of benzene rings is 15. The van der Waals surface area contributed by atoms with Gasteiger partial charge in [0.25, 0.3) is 0 Å². The molecule has 10 heterocycles. The molecule has 1 unspecified atom stereocenters. The maximum Gasteiger partial charge on any atom is 0.216 e. The van der Waals surface area contributed by atoms with Crippen molar-refractivity contribution in [3.63, 3.8) is 0 Å². The van der Waals surface area contributed by atoms with Gasteiger partial charge in [-0.1, -0.05) is 260 Å². The lowest BCUT2D eigenvalue weighted by Gasteiger charge is -2.13. The number of hydrogen-bond donors (Lipinski definition) is 0. The molecule has 1 atom stereocenters. The summed E-state index contributed by atoms with van der Waals surface area (Å²) in [5, 5.41) is 23.4. The van der Waals surface area contributed by atoms with Gasteiger partial charge >= 0.3 is 0 Å². The van der Waals surface area contributed by atoms with E-state index in [4.69, 9.17) is 33.1 Å². The highest BCUT2D eigenvalue weighted by atomic mass is 16.3. The Morgan fingerprint density at radius 2 is 0.540 bits per heavy atom. The van der Waals surface area contributed by atoms with Crippen LogP contribution in [-0.2, 0) is 41.6 Å². The van der Waals surface area contributed by atoms with Crippen LogP contribution in [0.1, 0.15) is 145 Å². The number of furan rings is 5. The number of hydrogen-bond acceptors (Lipinski definition) is 5. The quantitative estimate of drug-likeness (QED) is 0.134. The highest BCUT2D eigenvalue weighted by Gasteiger charge is 2.33. The van der Waals surface area contributed by atoms with Crippen LogP contribution in [0.2, 0.25) is 0 Å². The van der Waals surface area contributed by atoms with Crippen LogP contribution in [0.15, 0.2) is 356 Å². The zero-order chi connectivity index (χ0) is 103. The van der Waals surface area contributed by atoms with Gasteiger partial charge in [0.15, 0.2) is 31.0 Å². The Morgan fingerprint density at radius 1 is 0.295 bits per heavy atom. The maximum absolute atomic E-state index is 9.05. The van der Waals surface area contributed by atoms with Crippen molar-refractivity contribution in [2.24, 2.45) is 35.2 Å². The van der Waals surface area contributed by atoms with Gasteiger partial charge in [0.1, 0.15) is 91.1 Å². The fraction of sp³-hybridized carbons (Fsp3) is 0.186. The fourth-order valence-corrected chi connectivity index (χ4v) is 21.9. The SMILES string of the molecule is Cc1cc[n+](C)c(-c2c(C)c3ccccc3c3c2oc2ccccc23)c1.[2H]C(C)(C)c1cc[n+](C)c(-c2c(C)c3ccccc3c3c2oc2ccccc23)c1.[2H]C([2H])(C)c1cc[n+](C)c(-c2c(C)c3ccccc3c3c2oc2ccccc23)c1.[2H]C([2H])([2H])C([2H])(C)c1cc[n+](C)c(-c2c(C)c3ccccc3c3c2oc2ccccc23)c1.[2H]C1(c2cc[n+](C)c(-c3c(C)c4ccccc4c4c3oc3ccccc34)c2)CCCC1. The Labute approximate surface area is 821 Å². The van der Waals surface area contributed by atoms with E-state index in [0.717, 1.165) is 197 Å². The van der Waals surface area contributed by atoms with Crippen molar-refractivity contribution in [2.75, 3.05) is 0 Å². The number of nitrogens with zero attached hydrogens (tertiary/aromatic N) is 5. The summed E-state index contributed by atoms with van der Waals surface area (Å²) in [6.45, 7) is 17.3. The van der Waals surface area contributed by atoms with E-state index in [0.29, 0.717) is 11.1 Å². The molecular weight excluding hydrogens is 1700 g/mol. The molecule has 0 N–H and O–H groups in total. The monoisotopic (exact) mass is 1820 g/mol. The average Bonchev–Trinajstić information content (AvgIpc) is 1.62. The molecule has 0 amide bonds. The van der Waals surface area contributed by atoms with E-state index in [1.165, 1.54) is 99.7 Å². The number of pyridine rings is 5. The Morgan fingerprint density at radius 3 is 0.835 bits per heavy atom. The van der Waals surface area contributed by atoms with Crippen LogP contribution in [0.3, 0.4) is 0 Å². The summed E-state index contributed by atoms with van der Waals surface area (Å²) >= 11 is 0. The van der Waals surface area contributed by atoms with Gasteiger partial charge in [0.05, 0.1) is 27.8 Å². The first kappa shape index (κ1) is 79.6. The minimum Gasteiger partial charge on any atom is -0.455 e. The van der Waals surface area contributed by atoms with Crippen LogP contribution in [0, 0.1) is 41.5 Å². The lowest BCUT2D eigenvalue weighted by molar-refractivity contribution is -0.660. The first-order valence-electron chi connectivity index (χ1n) is 52.2. The van der Waals surface area contributed by atoms with Crippen LogP contribution in [-0.4, -0.2) is 0 Å². The predicted octanol–water partition coefficient (Wildman–Crippen LogP) is 32.5. The molecule has 1 saturated carbocycles. The summed E-state index contributed by atoms with van der Waals surface area (Å²) in [5.74, 6) is -2.87. The molecule has 0 spiro atoms. The molecule has 0 bridgehead atoms. The Balaban J connectivity index is 0.000000104. The minimum atomic E-state index is -2.45. The van der Waals surface area contributed by atoms with Gasteiger partial charge in [-0.15, -0.1) is 0 Å². The predicted molar refractivity (Wildman–Crippen MR) is 576 cm³/mol. The van der Waals surface area contributed by atoms with Gasteiger partial charge in [-0.25, -0.2) is 22.8 Å². The second-order valence-electron chi connectivity index (χ2n) is 37.8. The average molecular weight is 1820 g/mol. The number of aromatic nitrogens is 5. The summed E-state index contributed by atoms with van der Waals surface area (Å²) in [5.41, 5.74) is 29.7. The molecule has 0 radical (unpaired) electrons. The third-order valence-electron chi connectivity index (χ3n) is 29.1. The molecule has 10 nitrogen and oxygen atoms in total. The van der Waals surface area contributed by atoms with Crippen molar-refractivity contribution in [1.29, 1.82) is 0 Å². The summed E-state index contributed by atoms with van der Waals surface area (Å²) < 4.78 is 109. The van der Waals surface area contributed by atoms with E-state index in [2.05, 4.69) is 289 Å². The molecule has 25 aromatic rings. The second-order valence-corrected chi connectivity index (χ2v) is 37.8. The van der Waals surface area contributed by atoms with Gasteiger partial charge in [-0.3, -0.25) is 0 Å². The molecule has 1 aliphatic rings. The molecule has 0 saturated heterocycles. The van der Waals surface area contributed by atoms with E-state index in [-0.39, 0.29) is 0 Å². The van der Waals surface area contributed by atoms with Crippen LogP contribution in [0.5, 0.6) is 0 Å². The van der Waals surface area contributed by atoms with E-state index >= 15 is 0 Å². The number of fused-ring (bicyclic) bond motifs is 25.